The van der Waals surface area contributed by atoms with Gasteiger partial charge in [-0.2, -0.15) is 0 Å². The molecular formula is C17H19Cl2N5OS. The van der Waals surface area contributed by atoms with Crippen LogP contribution in [0, 0.1) is 6.92 Å². The van der Waals surface area contributed by atoms with Crippen LogP contribution in [0.3, 0.4) is 0 Å². The Morgan fingerprint density at radius 3 is 2.62 bits per heavy atom. The maximum absolute atomic E-state index is 12.9. The van der Waals surface area contributed by atoms with Gasteiger partial charge in [-0.3, -0.25) is 14.7 Å². The molecule has 1 amide bonds. The quantitative estimate of drug-likeness (QED) is 0.640. The molecule has 0 N–H and O–H groups in total. The lowest BCUT2D eigenvalue weighted by Gasteiger charge is -2.21. The van der Waals surface area contributed by atoms with Crippen molar-refractivity contribution >= 4 is 56.6 Å². The Hall–Kier alpha value is -1.80. The zero-order chi connectivity index (χ0) is 18.0. The van der Waals surface area contributed by atoms with Crippen molar-refractivity contribution in [1.29, 1.82) is 0 Å². The minimum absolute atomic E-state index is 0. The summed E-state index contributed by atoms with van der Waals surface area (Å²) in [5, 5.41) is 1.26. The number of anilines is 1. The fraction of sp³-hybridized carbons (Fsp3) is 0.294. The molecule has 0 saturated carbocycles. The lowest BCUT2D eigenvalue weighted by Crippen LogP contribution is -2.37. The number of hydrogen-bond acceptors (Lipinski definition) is 6. The Morgan fingerprint density at radius 1 is 1.23 bits per heavy atom. The number of likely N-dealkylation sites (N-methyl/N-ethyl adjacent to an activating group) is 1. The fourth-order valence-corrected chi connectivity index (χ4v) is 3.68. The normalized spacial score (nSPS) is 10.8. The molecule has 6 nitrogen and oxygen atoms in total. The van der Waals surface area contributed by atoms with E-state index < -0.39 is 0 Å². The summed E-state index contributed by atoms with van der Waals surface area (Å²) in [6.45, 7) is 3.18. The smallest absolute Gasteiger partial charge is 0.280 e. The van der Waals surface area contributed by atoms with Crippen LogP contribution in [-0.4, -0.2) is 52.9 Å². The summed E-state index contributed by atoms with van der Waals surface area (Å²) in [6, 6.07) is 3.79. The lowest BCUT2D eigenvalue weighted by atomic mass is 10.2. The van der Waals surface area contributed by atoms with Crippen LogP contribution in [0.4, 0.5) is 5.13 Å². The Morgan fingerprint density at radius 2 is 2.00 bits per heavy atom. The van der Waals surface area contributed by atoms with Crippen molar-refractivity contribution in [2.45, 2.75) is 6.92 Å². The number of amides is 1. The van der Waals surface area contributed by atoms with Gasteiger partial charge in [0.15, 0.2) is 5.13 Å². The molecule has 1 aromatic carbocycles. The van der Waals surface area contributed by atoms with Gasteiger partial charge in [-0.1, -0.05) is 29.0 Å². The predicted molar refractivity (Wildman–Crippen MR) is 109 cm³/mol. The summed E-state index contributed by atoms with van der Waals surface area (Å²) in [4.78, 5) is 29.4. The van der Waals surface area contributed by atoms with Crippen molar-refractivity contribution in [2.75, 3.05) is 32.1 Å². The molecule has 2 heterocycles. The van der Waals surface area contributed by atoms with Crippen molar-refractivity contribution in [3.63, 3.8) is 0 Å². The molecule has 0 aliphatic heterocycles. The lowest BCUT2D eigenvalue weighted by molar-refractivity contribution is 0.0980. The number of aromatic nitrogens is 3. The monoisotopic (exact) mass is 411 g/mol. The van der Waals surface area contributed by atoms with Gasteiger partial charge in [0.2, 0.25) is 0 Å². The van der Waals surface area contributed by atoms with Gasteiger partial charge in [0, 0.05) is 25.5 Å². The summed E-state index contributed by atoms with van der Waals surface area (Å²) in [6.07, 6.45) is 4.52. The van der Waals surface area contributed by atoms with Gasteiger partial charge in [0.05, 0.1) is 21.4 Å². The molecule has 2 aromatic heterocycles. The van der Waals surface area contributed by atoms with Crippen LogP contribution in [-0.2, 0) is 0 Å². The highest BCUT2D eigenvalue weighted by molar-refractivity contribution is 7.23. The van der Waals surface area contributed by atoms with Gasteiger partial charge < -0.3 is 4.90 Å². The molecule has 9 heteroatoms. The molecule has 0 bridgehead atoms. The molecular weight excluding hydrogens is 393 g/mol. The molecule has 0 aliphatic carbocycles. The second kappa shape index (κ2) is 8.73. The van der Waals surface area contributed by atoms with E-state index in [2.05, 4.69) is 15.0 Å². The van der Waals surface area contributed by atoms with Crippen LogP contribution in [0.2, 0.25) is 5.02 Å². The second-order valence-electron chi connectivity index (χ2n) is 5.89. The second-order valence-corrected chi connectivity index (χ2v) is 7.27. The van der Waals surface area contributed by atoms with E-state index in [0.717, 1.165) is 15.8 Å². The van der Waals surface area contributed by atoms with Gasteiger partial charge in [-0.05, 0) is 32.6 Å². The molecule has 0 saturated heterocycles. The highest BCUT2D eigenvalue weighted by Crippen LogP contribution is 2.35. The molecule has 138 valence electrons. The van der Waals surface area contributed by atoms with E-state index >= 15 is 0 Å². The van der Waals surface area contributed by atoms with Crippen LogP contribution in [0.1, 0.15) is 16.1 Å². The number of fused-ring (bicyclic) bond motifs is 1. The molecule has 26 heavy (non-hydrogen) atoms. The Kier molecular flexibility index (Phi) is 6.88. The fourth-order valence-electron chi connectivity index (χ4n) is 2.34. The maximum atomic E-state index is 12.9. The minimum Gasteiger partial charge on any atom is -0.308 e. The summed E-state index contributed by atoms with van der Waals surface area (Å²) in [5.74, 6) is -0.220. The molecule has 0 aliphatic rings. The molecule has 0 unspecified atom stereocenters. The van der Waals surface area contributed by atoms with E-state index in [1.54, 1.807) is 11.1 Å². The van der Waals surface area contributed by atoms with Crippen LogP contribution in [0.25, 0.3) is 10.2 Å². The first-order valence-electron chi connectivity index (χ1n) is 7.75. The van der Waals surface area contributed by atoms with E-state index in [-0.39, 0.29) is 18.3 Å². The standard InChI is InChI=1S/C17H18ClN5OS.ClH/c1-11-4-5-12(18)15-14(11)21-17(25-15)23(9-8-22(2)3)16(24)13-10-19-6-7-20-13;/h4-7,10H,8-9H2,1-3H3;1H. The SMILES string of the molecule is Cc1ccc(Cl)c2sc(N(CCN(C)C)C(=O)c3cnccn3)nc12.Cl. The van der Waals surface area contributed by atoms with E-state index in [1.807, 2.05) is 38.1 Å². The van der Waals surface area contributed by atoms with Crippen LogP contribution in [0.15, 0.2) is 30.7 Å². The summed E-state index contributed by atoms with van der Waals surface area (Å²) in [7, 11) is 3.93. The molecule has 3 rings (SSSR count). The number of benzene rings is 1. The number of rotatable bonds is 5. The molecule has 0 fully saturated rings. The highest BCUT2D eigenvalue weighted by Gasteiger charge is 2.23. The Labute approximate surface area is 167 Å². The Bertz CT molecular complexity index is 862. The first kappa shape index (κ1) is 20.5. The number of nitrogens with zero attached hydrogens (tertiary/aromatic N) is 5. The van der Waals surface area contributed by atoms with Crippen LogP contribution in [0.5, 0.6) is 0 Å². The summed E-state index contributed by atoms with van der Waals surface area (Å²) in [5.41, 5.74) is 2.15. The Balaban J connectivity index is 0.00000243. The van der Waals surface area contributed by atoms with Crippen LogP contribution >= 0.6 is 35.3 Å². The number of aryl methyl sites for hydroxylation is 1. The zero-order valence-corrected chi connectivity index (χ0v) is 17.0. The van der Waals surface area contributed by atoms with Crippen LogP contribution < -0.4 is 4.90 Å². The number of carbonyl (C=O) groups excluding carboxylic acids is 1. The van der Waals surface area contributed by atoms with E-state index in [1.165, 1.54) is 23.7 Å². The van der Waals surface area contributed by atoms with E-state index in [4.69, 9.17) is 11.6 Å². The van der Waals surface area contributed by atoms with E-state index in [9.17, 15) is 4.79 Å². The third kappa shape index (κ3) is 4.29. The van der Waals surface area contributed by atoms with Crippen molar-refractivity contribution in [3.05, 3.63) is 47.0 Å². The minimum atomic E-state index is -0.220. The van der Waals surface area contributed by atoms with Crippen molar-refractivity contribution < 1.29 is 4.79 Å². The van der Waals surface area contributed by atoms with E-state index in [0.29, 0.717) is 28.9 Å². The molecule has 0 spiro atoms. The largest absolute Gasteiger partial charge is 0.308 e. The van der Waals surface area contributed by atoms with Gasteiger partial charge in [0.1, 0.15) is 5.69 Å². The number of halogens is 2. The third-order valence-corrected chi connectivity index (χ3v) is 5.25. The molecule has 0 radical (unpaired) electrons. The van der Waals surface area contributed by atoms with Gasteiger partial charge in [-0.25, -0.2) is 9.97 Å². The number of thiazole rings is 1. The topological polar surface area (TPSA) is 62.2 Å². The molecule has 0 atom stereocenters. The summed E-state index contributed by atoms with van der Waals surface area (Å²) < 4.78 is 0.887. The van der Waals surface area contributed by atoms with Crippen molar-refractivity contribution in [2.24, 2.45) is 0 Å². The predicted octanol–water partition coefficient (Wildman–Crippen LogP) is 3.68. The maximum Gasteiger partial charge on any atom is 0.280 e. The third-order valence-electron chi connectivity index (χ3n) is 3.72. The molecule has 3 aromatic rings. The average molecular weight is 412 g/mol. The number of carbonyl (C=O) groups is 1. The average Bonchev–Trinajstić information content (AvgIpc) is 3.05. The van der Waals surface area contributed by atoms with Gasteiger partial charge in [0.25, 0.3) is 5.91 Å². The first-order chi connectivity index (χ1) is 12.0. The van der Waals surface area contributed by atoms with Crippen molar-refractivity contribution in [1.82, 2.24) is 19.9 Å². The highest BCUT2D eigenvalue weighted by atomic mass is 35.5. The summed E-state index contributed by atoms with van der Waals surface area (Å²) >= 11 is 7.72. The first-order valence-corrected chi connectivity index (χ1v) is 8.95. The zero-order valence-electron chi connectivity index (χ0n) is 14.6. The van der Waals surface area contributed by atoms with Gasteiger partial charge >= 0.3 is 0 Å². The van der Waals surface area contributed by atoms with Gasteiger partial charge in [-0.15, -0.1) is 12.4 Å². The number of hydrogen-bond donors (Lipinski definition) is 0. The van der Waals surface area contributed by atoms with Crippen molar-refractivity contribution in [3.8, 4) is 0 Å².